The Hall–Kier alpha value is -2.98. The van der Waals surface area contributed by atoms with Gasteiger partial charge in [-0.25, -0.2) is 4.98 Å². The lowest BCUT2D eigenvalue weighted by Gasteiger charge is -2.09. The fourth-order valence-electron chi connectivity index (χ4n) is 2.37. The Morgan fingerprint density at radius 3 is 2.52 bits per heavy atom. The Bertz CT molecular complexity index is 1020. The van der Waals surface area contributed by atoms with Crippen molar-refractivity contribution in [3.63, 3.8) is 0 Å². The lowest BCUT2D eigenvalue weighted by Crippen LogP contribution is -2.16. The molecule has 0 aliphatic carbocycles. The Morgan fingerprint density at radius 1 is 1.21 bits per heavy atom. The highest BCUT2D eigenvalue weighted by Gasteiger charge is 2.31. The van der Waals surface area contributed by atoms with Gasteiger partial charge in [0.25, 0.3) is 5.91 Å². The molecule has 0 aliphatic rings. The van der Waals surface area contributed by atoms with Crippen LogP contribution in [0.1, 0.15) is 15.2 Å². The first-order valence-electron chi connectivity index (χ1n) is 8.08. The van der Waals surface area contributed by atoms with Gasteiger partial charge in [0, 0.05) is 5.69 Å². The molecule has 152 valence electrons. The molecule has 1 amide bonds. The molecule has 0 saturated heterocycles. The third-order valence-corrected chi connectivity index (χ3v) is 4.96. The second-order valence-corrected chi connectivity index (χ2v) is 7.22. The molecule has 0 fully saturated rings. The predicted molar refractivity (Wildman–Crippen MR) is 107 cm³/mol. The Morgan fingerprint density at radius 2 is 1.90 bits per heavy atom. The number of hydrogen-bond donors (Lipinski definition) is 3. The normalized spacial score (nSPS) is 11.2. The minimum Gasteiger partial charge on any atom is -0.406 e. The number of aryl methyl sites for hydroxylation is 1. The van der Waals surface area contributed by atoms with Gasteiger partial charge < -0.3 is 21.1 Å². The van der Waals surface area contributed by atoms with Gasteiger partial charge in [0.05, 0.1) is 10.7 Å². The van der Waals surface area contributed by atoms with Gasteiger partial charge in [-0.1, -0.05) is 35.1 Å². The zero-order valence-electron chi connectivity index (χ0n) is 14.8. The standard InChI is InChI=1S/C18H14ClF3N4O2S/c1-9-3-2-4-12(19)13(9)25-16(27)14-15(23)26-17(29-14)24-10-5-7-11(8-6-10)28-18(20,21)22/h2-8H,23H2,1H3,(H,24,26)(H,25,27). The van der Waals surface area contributed by atoms with Crippen molar-refractivity contribution in [3.8, 4) is 5.75 Å². The molecule has 0 unspecified atom stereocenters. The molecule has 1 heterocycles. The summed E-state index contributed by atoms with van der Waals surface area (Å²) in [5.74, 6) is -0.813. The van der Waals surface area contributed by atoms with E-state index in [0.717, 1.165) is 29.0 Å². The van der Waals surface area contributed by atoms with E-state index in [4.69, 9.17) is 17.3 Å². The third kappa shape index (κ3) is 5.30. The maximum atomic E-state index is 12.6. The average molecular weight is 443 g/mol. The number of thiazole rings is 1. The quantitative estimate of drug-likeness (QED) is 0.480. The maximum Gasteiger partial charge on any atom is 0.573 e. The highest BCUT2D eigenvalue weighted by molar-refractivity contribution is 7.18. The van der Waals surface area contributed by atoms with E-state index in [1.807, 2.05) is 0 Å². The van der Waals surface area contributed by atoms with Crippen LogP contribution in [-0.2, 0) is 0 Å². The third-order valence-electron chi connectivity index (χ3n) is 3.66. The lowest BCUT2D eigenvalue weighted by molar-refractivity contribution is -0.274. The summed E-state index contributed by atoms with van der Waals surface area (Å²) in [4.78, 5) is 16.8. The fraction of sp³-hybridized carbons (Fsp3) is 0.111. The lowest BCUT2D eigenvalue weighted by atomic mass is 10.2. The second kappa shape index (κ2) is 8.18. The summed E-state index contributed by atoms with van der Waals surface area (Å²) in [5, 5.41) is 6.28. The van der Waals surface area contributed by atoms with E-state index in [9.17, 15) is 18.0 Å². The number of amides is 1. The molecular weight excluding hydrogens is 429 g/mol. The Balaban J connectivity index is 1.72. The first kappa shape index (κ1) is 20.7. The molecule has 29 heavy (non-hydrogen) atoms. The van der Waals surface area contributed by atoms with E-state index in [-0.39, 0.29) is 16.4 Å². The summed E-state index contributed by atoms with van der Waals surface area (Å²) in [7, 11) is 0. The molecule has 6 nitrogen and oxygen atoms in total. The van der Waals surface area contributed by atoms with Gasteiger partial charge in [0.15, 0.2) is 5.13 Å². The number of hydrogen-bond acceptors (Lipinski definition) is 6. The van der Waals surface area contributed by atoms with Crippen molar-refractivity contribution < 1.29 is 22.7 Å². The van der Waals surface area contributed by atoms with Crippen LogP contribution in [0.5, 0.6) is 5.75 Å². The first-order chi connectivity index (χ1) is 13.6. The maximum absolute atomic E-state index is 12.6. The summed E-state index contributed by atoms with van der Waals surface area (Å²) in [6, 6.07) is 10.3. The molecule has 3 rings (SSSR count). The fourth-order valence-corrected chi connectivity index (χ4v) is 3.44. The van der Waals surface area contributed by atoms with Crippen LogP contribution >= 0.6 is 22.9 Å². The molecular formula is C18H14ClF3N4O2S. The molecule has 3 aromatic rings. The van der Waals surface area contributed by atoms with Crippen LogP contribution in [0, 0.1) is 6.92 Å². The smallest absolute Gasteiger partial charge is 0.406 e. The number of para-hydroxylation sites is 1. The van der Waals surface area contributed by atoms with Crippen LogP contribution in [0.15, 0.2) is 42.5 Å². The number of nitrogens with zero attached hydrogens (tertiary/aromatic N) is 1. The van der Waals surface area contributed by atoms with Gasteiger partial charge in [-0.2, -0.15) is 0 Å². The van der Waals surface area contributed by atoms with Crippen molar-refractivity contribution in [1.82, 2.24) is 4.98 Å². The van der Waals surface area contributed by atoms with E-state index in [1.54, 1.807) is 25.1 Å². The minimum absolute atomic E-state index is 0.0109. The van der Waals surface area contributed by atoms with Crippen LogP contribution in [0.4, 0.5) is 35.5 Å². The number of aromatic nitrogens is 1. The number of nitrogens with one attached hydrogen (secondary N) is 2. The van der Waals surface area contributed by atoms with E-state index in [2.05, 4.69) is 20.4 Å². The second-order valence-electron chi connectivity index (χ2n) is 5.82. The van der Waals surface area contributed by atoms with Crippen molar-refractivity contribution in [2.45, 2.75) is 13.3 Å². The number of rotatable bonds is 5. The number of carbonyl (C=O) groups excluding carboxylic acids is 1. The molecule has 0 saturated carbocycles. The van der Waals surface area contributed by atoms with Gasteiger partial charge in [-0.05, 0) is 42.8 Å². The number of alkyl halides is 3. The number of ether oxygens (including phenoxy) is 1. The Kier molecular flexibility index (Phi) is 5.85. The molecule has 1 aromatic heterocycles. The molecule has 11 heteroatoms. The van der Waals surface area contributed by atoms with Crippen LogP contribution in [0.25, 0.3) is 0 Å². The number of anilines is 4. The van der Waals surface area contributed by atoms with Crippen LogP contribution < -0.4 is 21.1 Å². The highest BCUT2D eigenvalue weighted by Crippen LogP contribution is 2.31. The largest absolute Gasteiger partial charge is 0.573 e. The molecule has 2 aromatic carbocycles. The SMILES string of the molecule is Cc1cccc(Cl)c1NC(=O)c1sc(Nc2ccc(OC(F)(F)F)cc2)nc1N. The summed E-state index contributed by atoms with van der Waals surface area (Å²) >= 11 is 7.11. The number of nitrogen functional groups attached to an aromatic ring is 1. The highest BCUT2D eigenvalue weighted by atomic mass is 35.5. The molecule has 0 bridgehead atoms. The van der Waals surface area contributed by atoms with Gasteiger partial charge in [0.2, 0.25) is 0 Å². The molecule has 0 atom stereocenters. The zero-order valence-corrected chi connectivity index (χ0v) is 16.4. The van der Waals surface area contributed by atoms with Gasteiger partial charge in [-0.3, -0.25) is 4.79 Å². The number of carbonyl (C=O) groups is 1. The van der Waals surface area contributed by atoms with Crippen molar-refractivity contribution >= 4 is 51.2 Å². The molecule has 4 N–H and O–H groups in total. The summed E-state index contributed by atoms with van der Waals surface area (Å²) in [6.45, 7) is 1.80. The van der Waals surface area contributed by atoms with Crippen LogP contribution in [0.3, 0.4) is 0 Å². The van der Waals surface area contributed by atoms with E-state index < -0.39 is 12.3 Å². The number of nitrogens with two attached hydrogens (primary N) is 1. The average Bonchev–Trinajstić information content (AvgIpc) is 2.99. The molecule has 0 spiro atoms. The van der Waals surface area contributed by atoms with Gasteiger partial charge in [-0.15, -0.1) is 13.2 Å². The van der Waals surface area contributed by atoms with E-state index in [0.29, 0.717) is 21.5 Å². The summed E-state index contributed by atoms with van der Waals surface area (Å²) in [5.41, 5.74) is 7.55. The zero-order chi connectivity index (χ0) is 21.2. The van der Waals surface area contributed by atoms with Gasteiger partial charge >= 0.3 is 6.36 Å². The van der Waals surface area contributed by atoms with Crippen molar-refractivity contribution in [2.75, 3.05) is 16.4 Å². The summed E-state index contributed by atoms with van der Waals surface area (Å²) < 4.78 is 40.4. The first-order valence-corrected chi connectivity index (χ1v) is 9.27. The van der Waals surface area contributed by atoms with E-state index >= 15 is 0 Å². The predicted octanol–water partition coefficient (Wildman–Crippen LogP) is 5.58. The monoisotopic (exact) mass is 442 g/mol. The Labute approximate surface area is 172 Å². The van der Waals surface area contributed by atoms with Crippen LogP contribution in [0.2, 0.25) is 5.02 Å². The molecule has 0 radical (unpaired) electrons. The van der Waals surface area contributed by atoms with E-state index in [1.165, 1.54) is 12.1 Å². The van der Waals surface area contributed by atoms with Crippen molar-refractivity contribution in [1.29, 1.82) is 0 Å². The van der Waals surface area contributed by atoms with Crippen molar-refractivity contribution in [3.05, 3.63) is 57.9 Å². The summed E-state index contributed by atoms with van der Waals surface area (Å²) in [6.07, 6.45) is -4.76. The molecule has 0 aliphatic heterocycles. The minimum atomic E-state index is -4.76. The topological polar surface area (TPSA) is 89.3 Å². The number of benzene rings is 2. The van der Waals surface area contributed by atoms with Crippen LogP contribution in [-0.4, -0.2) is 17.3 Å². The van der Waals surface area contributed by atoms with Crippen molar-refractivity contribution in [2.24, 2.45) is 0 Å². The number of halogens is 4. The van der Waals surface area contributed by atoms with Gasteiger partial charge in [0.1, 0.15) is 16.4 Å².